The van der Waals surface area contributed by atoms with Crippen LogP contribution in [0, 0.1) is 0 Å². The predicted molar refractivity (Wildman–Crippen MR) is 124 cm³/mol. The number of aryl methyl sites for hydroxylation is 1. The molecule has 6 heteroatoms. The third kappa shape index (κ3) is 5.22. The number of aromatic nitrogens is 3. The van der Waals surface area contributed by atoms with Crippen molar-refractivity contribution in [2.24, 2.45) is 0 Å². The number of methoxy groups -OCH3 is 1. The highest BCUT2D eigenvalue weighted by Gasteiger charge is 2.16. The molecule has 0 aliphatic rings. The Labute approximate surface area is 186 Å². The summed E-state index contributed by atoms with van der Waals surface area (Å²) in [5, 5.41) is 9.58. The third-order valence-electron chi connectivity index (χ3n) is 4.96. The molecule has 0 saturated carbocycles. The molecular formula is C25H23N3O2S. The minimum atomic E-state index is 0.0477. The van der Waals surface area contributed by atoms with Gasteiger partial charge in [-0.3, -0.25) is 4.79 Å². The monoisotopic (exact) mass is 429 g/mol. The SMILES string of the molecule is COc1ccc(C(=O)CSc2nnc(-c3ccccc3)n2CCc2ccccc2)cc1. The van der Waals surface area contributed by atoms with Crippen molar-refractivity contribution in [3.8, 4) is 17.1 Å². The number of nitrogens with zero attached hydrogens (tertiary/aromatic N) is 3. The molecular weight excluding hydrogens is 406 g/mol. The van der Waals surface area contributed by atoms with E-state index in [0.717, 1.165) is 35.3 Å². The van der Waals surface area contributed by atoms with Crippen LogP contribution in [0.2, 0.25) is 0 Å². The Bertz CT molecular complexity index is 1130. The number of carbonyl (C=O) groups excluding carboxylic acids is 1. The molecule has 31 heavy (non-hydrogen) atoms. The lowest BCUT2D eigenvalue weighted by molar-refractivity contribution is 0.102. The number of benzene rings is 3. The first-order valence-corrected chi connectivity index (χ1v) is 11.1. The van der Waals surface area contributed by atoms with E-state index in [2.05, 4.69) is 26.9 Å². The van der Waals surface area contributed by atoms with E-state index in [1.54, 1.807) is 31.4 Å². The zero-order valence-electron chi connectivity index (χ0n) is 17.3. The van der Waals surface area contributed by atoms with Gasteiger partial charge in [-0.1, -0.05) is 72.4 Å². The van der Waals surface area contributed by atoms with Crippen LogP contribution < -0.4 is 4.74 Å². The lowest BCUT2D eigenvalue weighted by atomic mass is 10.1. The quantitative estimate of drug-likeness (QED) is 0.271. The Balaban J connectivity index is 1.53. The molecule has 5 nitrogen and oxygen atoms in total. The lowest BCUT2D eigenvalue weighted by Crippen LogP contribution is -2.08. The van der Waals surface area contributed by atoms with Crippen LogP contribution in [0.15, 0.2) is 90.1 Å². The van der Waals surface area contributed by atoms with Crippen molar-refractivity contribution in [3.63, 3.8) is 0 Å². The summed E-state index contributed by atoms with van der Waals surface area (Å²) in [5.41, 5.74) is 2.92. The Hall–Kier alpha value is -3.38. The molecule has 0 N–H and O–H groups in total. The molecule has 156 valence electrons. The summed E-state index contributed by atoms with van der Waals surface area (Å²) in [6, 6.07) is 27.5. The first kappa shape index (κ1) is 20.9. The maximum absolute atomic E-state index is 12.7. The molecule has 4 rings (SSSR count). The minimum Gasteiger partial charge on any atom is -0.497 e. The summed E-state index contributed by atoms with van der Waals surface area (Å²) in [5.74, 6) is 1.89. The third-order valence-corrected chi connectivity index (χ3v) is 5.93. The van der Waals surface area contributed by atoms with Crippen molar-refractivity contribution in [3.05, 3.63) is 96.1 Å². The van der Waals surface area contributed by atoms with Crippen molar-refractivity contribution in [2.75, 3.05) is 12.9 Å². The second-order valence-electron chi connectivity index (χ2n) is 7.00. The van der Waals surface area contributed by atoms with Crippen molar-refractivity contribution < 1.29 is 9.53 Å². The van der Waals surface area contributed by atoms with Crippen LogP contribution in [0.1, 0.15) is 15.9 Å². The highest BCUT2D eigenvalue weighted by molar-refractivity contribution is 7.99. The van der Waals surface area contributed by atoms with Crippen molar-refractivity contribution in [2.45, 2.75) is 18.1 Å². The van der Waals surface area contributed by atoms with E-state index < -0.39 is 0 Å². The fourth-order valence-electron chi connectivity index (χ4n) is 3.27. The molecule has 0 saturated heterocycles. The van der Waals surface area contributed by atoms with Gasteiger partial charge in [-0.25, -0.2) is 0 Å². The number of hydrogen-bond acceptors (Lipinski definition) is 5. The molecule has 0 aliphatic heterocycles. The van der Waals surface area contributed by atoms with Gasteiger partial charge in [0, 0.05) is 17.7 Å². The van der Waals surface area contributed by atoms with Gasteiger partial charge >= 0.3 is 0 Å². The Morgan fingerprint density at radius 2 is 1.58 bits per heavy atom. The van der Waals surface area contributed by atoms with Gasteiger partial charge in [0.05, 0.1) is 12.9 Å². The van der Waals surface area contributed by atoms with Crippen LogP contribution in [0.5, 0.6) is 5.75 Å². The van der Waals surface area contributed by atoms with Crippen LogP contribution in [0.3, 0.4) is 0 Å². The van der Waals surface area contributed by atoms with Gasteiger partial charge in [-0.05, 0) is 36.2 Å². The molecule has 0 bridgehead atoms. The molecule has 0 spiro atoms. The average molecular weight is 430 g/mol. The van der Waals surface area contributed by atoms with Gasteiger partial charge < -0.3 is 9.30 Å². The first-order chi connectivity index (χ1) is 15.2. The van der Waals surface area contributed by atoms with Crippen LogP contribution >= 0.6 is 11.8 Å². The highest BCUT2D eigenvalue weighted by Crippen LogP contribution is 2.25. The van der Waals surface area contributed by atoms with Crippen molar-refractivity contribution in [1.82, 2.24) is 14.8 Å². The number of carbonyl (C=O) groups is 1. The second-order valence-corrected chi connectivity index (χ2v) is 7.94. The van der Waals surface area contributed by atoms with E-state index in [-0.39, 0.29) is 5.78 Å². The Morgan fingerprint density at radius 3 is 2.26 bits per heavy atom. The Morgan fingerprint density at radius 1 is 0.903 bits per heavy atom. The van der Waals surface area contributed by atoms with E-state index >= 15 is 0 Å². The summed E-state index contributed by atoms with van der Waals surface area (Å²) in [4.78, 5) is 12.7. The maximum Gasteiger partial charge on any atom is 0.191 e. The molecule has 0 atom stereocenters. The fourth-order valence-corrected chi connectivity index (χ4v) is 4.13. The van der Waals surface area contributed by atoms with Crippen LogP contribution in [-0.2, 0) is 13.0 Å². The van der Waals surface area contributed by atoms with Crippen molar-refractivity contribution >= 4 is 17.5 Å². The van der Waals surface area contributed by atoms with Gasteiger partial charge in [0.25, 0.3) is 0 Å². The van der Waals surface area contributed by atoms with Crippen LogP contribution in [-0.4, -0.2) is 33.4 Å². The van der Waals surface area contributed by atoms with Gasteiger partial charge in [-0.15, -0.1) is 10.2 Å². The molecule has 0 unspecified atom stereocenters. The molecule has 0 amide bonds. The highest BCUT2D eigenvalue weighted by atomic mass is 32.2. The predicted octanol–water partition coefficient (Wildman–Crippen LogP) is 5.17. The van der Waals surface area contributed by atoms with E-state index in [1.807, 2.05) is 48.5 Å². The molecule has 0 fully saturated rings. The summed E-state index contributed by atoms with van der Waals surface area (Å²) in [6.07, 6.45) is 0.860. The largest absolute Gasteiger partial charge is 0.497 e. The molecule has 0 radical (unpaired) electrons. The smallest absolute Gasteiger partial charge is 0.191 e. The lowest BCUT2D eigenvalue weighted by Gasteiger charge is -2.10. The normalized spacial score (nSPS) is 10.7. The van der Waals surface area contributed by atoms with Crippen LogP contribution in [0.25, 0.3) is 11.4 Å². The van der Waals surface area contributed by atoms with Gasteiger partial charge in [-0.2, -0.15) is 0 Å². The molecule has 1 heterocycles. The molecule has 3 aromatic carbocycles. The summed E-state index contributed by atoms with van der Waals surface area (Å²) < 4.78 is 7.27. The average Bonchev–Trinajstić information content (AvgIpc) is 3.25. The zero-order valence-corrected chi connectivity index (χ0v) is 18.1. The van der Waals surface area contributed by atoms with E-state index in [1.165, 1.54) is 17.3 Å². The number of ketones is 1. The van der Waals surface area contributed by atoms with Gasteiger partial charge in [0.15, 0.2) is 16.8 Å². The molecule has 0 aliphatic carbocycles. The number of rotatable bonds is 9. The number of Topliss-reactive ketones (excluding diaryl/α,β-unsaturated/α-hetero) is 1. The summed E-state index contributed by atoms with van der Waals surface area (Å²) in [6.45, 7) is 0.736. The Kier molecular flexibility index (Phi) is 6.79. The summed E-state index contributed by atoms with van der Waals surface area (Å²) in [7, 11) is 1.61. The fraction of sp³-hybridized carbons (Fsp3) is 0.160. The second kappa shape index (κ2) is 10.1. The standard InChI is InChI=1S/C25H23N3O2S/c1-30-22-14-12-20(13-15-22)23(29)18-31-25-27-26-24(21-10-6-3-7-11-21)28(25)17-16-19-8-4-2-5-9-19/h2-15H,16-18H2,1H3. The van der Waals surface area contributed by atoms with E-state index in [4.69, 9.17) is 4.74 Å². The number of thioether (sulfide) groups is 1. The zero-order chi connectivity index (χ0) is 21.5. The van der Waals surface area contributed by atoms with Gasteiger partial charge in [0.1, 0.15) is 5.75 Å². The minimum absolute atomic E-state index is 0.0477. The molecule has 4 aromatic rings. The van der Waals surface area contributed by atoms with E-state index in [9.17, 15) is 4.79 Å². The summed E-state index contributed by atoms with van der Waals surface area (Å²) >= 11 is 1.42. The first-order valence-electron chi connectivity index (χ1n) is 10.1. The number of hydrogen-bond donors (Lipinski definition) is 0. The van der Waals surface area contributed by atoms with E-state index in [0.29, 0.717) is 11.3 Å². The van der Waals surface area contributed by atoms with Crippen LogP contribution in [0.4, 0.5) is 0 Å². The number of ether oxygens (including phenoxy) is 1. The van der Waals surface area contributed by atoms with Gasteiger partial charge in [0.2, 0.25) is 0 Å². The molecule has 1 aromatic heterocycles. The maximum atomic E-state index is 12.7. The topological polar surface area (TPSA) is 57.0 Å². The van der Waals surface area contributed by atoms with Crippen molar-refractivity contribution in [1.29, 1.82) is 0 Å².